The molecule has 7 heteroatoms. The second-order valence-corrected chi connectivity index (χ2v) is 6.82. The molecule has 132 valence electrons. The predicted molar refractivity (Wildman–Crippen MR) is 85.8 cm³/mol. The molecule has 3 atom stereocenters. The van der Waals surface area contributed by atoms with Crippen molar-refractivity contribution in [1.82, 2.24) is 15.5 Å². The van der Waals surface area contributed by atoms with E-state index in [-0.39, 0.29) is 42.6 Å². The van der Waals surface area contributed by atoms with Crippen LogP contribution in [0.3, 0.4) is 0 Å². The monoisotopic (exact) mass is 327 g/mol. The van der Waals surface area contributed by atoms with E-state index in [0.29, 0.717) is 13.1 Å². The summed E-state index contributed by atoms with van der Waals surface area (Å²) in [7, 11) is 3.68. The summed E-state index contributed by atoms with van der Waals surface area (Å²) >= 11 is 0. The average Bonchev–Trinajstić information content (AvgIpc) is 3.32. The minimum Gasteiger partial charge on any atom is -0.394 e. The normalized spacial score (nSPS) is 27.7. The molecule has 7 nitrogen and oxygen atoms in total. The van der Waals surface area contributed by atoms with Crippen LogP contribution in [0.2, 0.25) is 0 Å². The molecule has 0 unspecified atom stereocenters. The van der Waals surface area contributed by atoms with E-state index in [9.17, 15) is 14.7 Å². The van der Waals surface area contributed by atoms with Gasteiger partial charge in [-0.2, -0.15) is 0 Å². The molecule has 0 aromatic carbocycles. The standard InChI is InChI=1S/C16H29N3O4/c1-19(2)9-15(21)18-13-6-5-12(23-14(13)10-20)7-8-17-16(22)11-3-4-11/h11-14,20H,3-10H2,1-2H3,(H,17,22)(H,18,21)/t12-,13+,14+/m0/s1. The molecule has 2 fully saturated rings. The predicted octanol–water partition coefficient (Wildman–Crippen LogP) is -0.511. The zero-order valence-electron chi connectivity index (χ0n) is 14.1. The van der Waals surface area contributed by atoms with Crippen molar-refractivity contribution < 1.29 is 19.4 Å². The van der Waals surface area contributed by atoms with Crippen LogP contribution in [0.1, 0.15) is 32.1 Å². The minimum atomic E-state index is -0.376. The third-order valence-corrected chi connectivity index (χ3v) is 4.32. The molecular formula is C16H29N3O4. The average molecular weight is 327 g/mol. The SMILES string of the molecule is CN(C)CC(=O)N[C@@H]1CC[C@@H](CCNC(=O)C2CC2)O[C@@H]1CO. The summed E-state index contributed by atoms with van der Waals surface area (Å²) < 4.78 is 5.88. The molecule has 2 amide bonds. The van der Waals surface area contributed by atoms with Crippen molar-refractivity contribution >= 4 is 11.8 Å². The summed E-state index contributed by atoms with van der Waals surface area (Å²) in [4.78, 5) is 25.2. The molecule has 1 aliphatic heterocycles. The Bertz CT molecular complexity index is 412. The molecule has 2 aliphatic rings. The van der Waals surface area contributed by atoms with Crippen molar-refractivity contribution in [2.45, 2.75) is 50.4 Å². The lowest BCUT2D eigenvalue weighted by molar-refractivity contribution is -0.129. The molecule has 1 heterocycles. The highest BCUT2D eigenvalue weighted by atomic mass is 16.5. The van der Waals surface area contributed by atoms with Crippen LogP contribution < -0.4 is 10.6 Å². The zero-order valence-corrected chi connectivity index (χ0v) is 14.1. The van der Waals surface area contributed by atoms with E-state index in [1.807, 2.05) is 14.1 Å². The quantitative estimate of drug-likeness (QED) is 0.558. The van der Waals surface area contributed by atoms with Crippen LogP contribution in [0.5, 0.6) is 0 Å². The van der Waals surface area contributed by atoms with Gasteiger partial charge in [-0.3, -0.25) is 9.59 Å². The van der Waals surface area contributed by atoms with Crippen molar-refractivity contribution in [2.75, 3.05) is 33.8 Å². The van der Waals surface area contributed by atoms with Gasteiger partial charge in [0.1, 0.15) is 6.10 Å². The molecule has 1 saturated carbocycles. The molecule has 1 aliphatic carbocycles. The van der Waals surface area contributed by atoms with Crippen LogP contribution in [-0.2, 0) is 14.3 Å². The number of carbonyl (C=O) groups is 2. The first-order chi connectivity index (χ1) is 11.0. The first-order valence-electron chi connectivity index (χ1n) is 8.47. The van der Waals surface area contributed by atoms with Crippen LogP contribution in [-0.4, -0.2) is 73.9 Å². The Morgan fingerprint density at radius 1 is 1.22 bits per heavy atom. The van der Waals surface area contributed by atoms with Gasteiger partial charge in [-0.05, 0) is 46.2 Å². The maximum Gasteiger partial charge on any atom is 0.234 e. The number of nitrogens with one attached hydrogen (secondary N) is 2. The van der Waals surface area contributed by atoms with E-state index in [1.54, 1.807) is 4.90 Å². The first kappa shape index (κ1) is 18.2. The molecule has 0 bridgehead atoms. The fourth-order valence-corrected chi connectivity index (χ4v) is 2.90. The molecule has 0 aromatic heterocycles. The number of rotatable bonds is 8. The van der Waals surface area contributed by atoms with Gasteiger partial charge in [0.15, 0.2) is 0 Å². The topological polar surface area (TPSA) is 90.9 Å². The van der Waals surface area contributed by atoms with Gasteiger partial charge < -0.3 is 25.4 Å². The van der Waals surface area contributed by atoms with Gasteiger partial charge in [-0.25, -0.2) is 0 Å². The van der Waals surface area contributed by atoms with Crippen molar-refractivity contribution in [3.05, 3.63) is 0 Å². The van der Waals surface area contributed by atoms with E-state index in [2.05, 4.69) is 10.6 Å². The zero-order chi connectivity index (χ0) is 16.8. The van der Waals surface area contributed by atoms with Crippen LogP contribution in [0.25, 0.3) is 0 Å². The van der Waals surface area contributed by atoms with Gasteiger partial charge in [-0.1, -0.05) is 0 Å². The number of aliphatic hydroxyl groups excluding tert-OH is 1. The summed E-state index contributed by atoms with van der Waals surface area (Å²) in [5.74, 6) is 0.314. The highest BCUT2D eigenvalue weighted by Crippen LogP contribution is 2.28. The molecule has 23 heavy (non-hydrogen) atoms. The molecule has 3 N–H and O–H groups in total. The third-order valence-electron chi connectivity index (χ3n) is 4.32. The Labute approximate surface area is 137 Å². The largest absolute Gasteiger partial charge is 0.394 e. The number of amides is 2. The summed E-state index contributed by atoms with van der Waals surface area (Å²) in [5, 5.41) is 15.4. The molecule has 1 saturated heterocycles. The Morgan fingerprint density at radius 2 is 1.96 bits per heavy atom. The summed E-state index contributed by atoms with van der Waals surface area (Å²) in [5.41, 5.74) is 0. The Balaban J connectivity index is 1.69. The van der Waals surface area contributed by atoms with Gasteiger partial charge in [-0.15, -0.1) is 0 Å². The van der Waals surface area contributed by atoms with Crippen molar-refractivity contribution in [3.63, 3.8) is 0 Å². The van der Waals surface area contributed by atoms with Gasteiger partial charge >= 0.3 is 0 Å². The third kappa shape index (κ3) is 6.08. The first-order valence-corrected chi connectivity index (χ1v) is 8.47. The number of hydrogen-bond acceptors (Lipinski definition) is 5. The number of ether oxygens (including phenoxy) is 1. The molecule has 0 radical (unpaired) electrons. The molecule has 0 spiro atoms. The lowest BCUT2D eigenvalue weighted by atomic mass is 9.97. The second-order valence-electron chi connectivity index (χ2n) is 6.82. The Morgan fingerprint density at radius 3 is 2.57 bits per heavy atom. The molecule has 2 rings (SSSR count). The fraction of sp³-hybridized carbons (Fsp3) is 0.875. The van der Waals surface area contributed by atoms with Gasteiger partial charge in [0, 0.05) is 12.5 Å². The van der Waals surface area contributed by atoms with E-state index < -0.39 is 0 Å². The van der Waals surface area contributed by atoms with E-state index >= 15 is 0 Å². The molecule has 0 aromatic rings. The van der Waals surface area contributed by atoms with Crippen LogP contribution >= 0.6 is 0 Å². The number of carbonyl (C=O) groups excluding carboxylic acids is 2. The Hall–Kier alpha value is -1.18. The second kappa shape index (κ2) is 8.61. The lowest BCUT2D eigenvalue weighted by Gasteiger charge is -2.36. The number of aliphatic hydroxyl groups is 1. The van der Waals surface area contributed by atoms with Gasteiger partial charge in [0.05, 0.1) is 25.3 Å². The maximum atomic E-state index is 11.8. The fourth-order valence-electron chi connectivity index (χ4n) is 2.90. The van der Waals surface area contributed by atoms with Crippen LogP contribution in [0.4, 0.5) is 0 Å². The van der Waals surface area contributed by atoms with Crippen LogP contribution in [0, 0.1) is 5.92 Å². The smallest absolute Gasteiger partial charge is 0.234 e. The van der Waals surface area contributed by atoms with E-state index in [4.69, 9.17) is 4.74 Å². The summed E-state index contributed by atoms with van der Waals surface area (Å²) in [6.45, 7) is 0.818. The highest BCUT2D eigenvalue weighted by Gasteiger charge is 2.32. The van der Waals surface area contributed by atoms with E-state index in [1.165, 1.54) is 0 Å². The van der Waals surface area contributed by atoms with Gasteiger partial charge in [0.25, 0.3) is 0 Å². The van der Waals surface area contributed by atoms with E-state index in [0.717, 1.165) is 32.1 Å². The van der Waals surface area contributed by atoms with Crippen LogP contribution in [0.15, 0.2) is 0 Å². The summed E-state index contributed by atoms with van der Waals surface area (Å²) in [6, 6.07) is -0.148. The Kier molecular flexibility index (Phi) is 6.80. The number of nitrogens with zero attached hydrogens (tertiary/aromatic N) is 1. The number of likely N-dealkylation sites (N-methyl/N-ethyl adjacent to an activating group) is 1. The van der Waals surface area contributed by atoms with Crippen molar-refractivity contribution in [3.8, 4) is 0 Å². The minimum absolute atomic E-state index is 0.0219. The van der Waals surface area contributed by atoms with Gasteiger partial charge in [0.2, 0.25) is 11.8 Å². The summed E-state index contributed by atoms with van der Waals surface area (Å²) in [6.07, 6.45) is 4.01. The van der Waals surface area contributed by atoms with Crippen molar-refractivity contribution in [2.24, 2.45) is 5.92 Å². The number of hydrogen-bond donors (Lipinski definition) is 3. The van der Waals surface area contributed by atoms with Crippen molar-refractivity contribution in [1.29, 1.82) is 0 Å². The highest BCUT2D eigenvalue weighted by molar-refractivity contribution is 5.80. The lowest BCUT2D eigenvalue weighted by Crippen LogP contribution is -2.52. The maximum absolute atomic E-state index is 11.8. The molecular weight excluding hydrogens is 298 g/mol.